The first-order valence-corrected chi connectivity index (χ1v) is 14.3. The van der Waals surface area contributed by atoms with E-state index in [1.807, 2.05) is 51.1 Å². The number of esters is 1. The summed E-state index contributed by atoms with van der Waals surface area (Å²) in [6.45, 7) is 15.6. The molecule has 1 spiro atoms. The Hall–Kier alpha value is -2.58. The number of likely N-dealkylation sites (tertiary alicyclic amines) is 1. The van der Waals surface area contributed by atoms with Gasteiger partial charge < -0.3 is 19.6 Å². The van der Waals surface area contributed by atoms with Crippen LogP contribution in [-0.2, 0) is 25.5 Å². The molecule has 3 saturated heterocycles. The molecule has 0 aliphatic carbocycles. The third-order valence-corrected chi connectivity index (χ3v) is 10.4. The number of hydrogen-bond donors (Lipinski definition) is 1. The molecule has 3 aliphatic rings. The van der Waals surface area contributed by atoms with Gasteiger partial charge in [-0.15, -0.1) is 18.3 Å². The van der Waals surface area contributed by atoms with Crippen molar-refractivity contribution in [1.29, 1.82) is 0 Å². The van der Waals surface area contributed by atoms with Crippen LogP contribution >= 0.6 is 11.8 Å². The van der Waals surface area contributed by atoms with E-state index in [0.29, 0.717) is 13.0 Å². The molecule has 7 atom stereocenters. The normalized spacial score (nSPS) is 30.6. The van der Waals surface area contributed by atoms with Gasteiger partial charge in [0.15, 0.2) is 0 Å². The summed E-state index contributed by atoms with van der Waals surface area (Å²) in [5.41, 5.74) is 0.446. The van der Waals surface area contributed by atoms with Gasteiger partial charge in [-0.25, -0.2) is 0 Å². The molecule has 7 nitrogen and oxygen atoms in total. The van der Waals surface area contributed by atoms with Gasteiger partial charge in [0, 0.05) is 17.3 Å². The van der Waals surface area contributed by atoms with Gasteiger partial charge in [0.25, 0.3) is 0 Å². The number of rotatable bonds is 10. The van der Waals surface area contributed by atoms with Gasteiger partial charge in [0.2, 0.25) is 11.8 Å². The van der Waals surface area contributed by atoms with Gasteiger partial charge >= 0.3 is 5.97 Å². The number of aliphatic hydroxyl groups excluding tert-OH is 1. The van der Waals surface area contributed by atoms with Crippen molar-refractivity contribution in [1.82, 2.24) is 9.80 Å². The monoisotopic (exact) mass is 540 g/mol. The molecule has 1 aromatic rings. The average Bonchev–Trinajstić information content (AvgIpc) is 3.47. The summed E-state index contributed by atoms with van der Waals surface area (Å²) in [4.78, 5) is 45.7. The van der Waals surface area contributed by atoms with E-state index in [9.17, 15) is 19.5 Å². The maximum absolute atomic E-state index is 14.6. The van der Waals surface area contributed by atoms with E-state index in [-0.39, 0.29) is 36.2 Å². The zero-order valence-corrected chi connectivity index (χ0v) is 23.7. The molecule has 3 aliphatic heterocycles. The molecule has 3 heterocycles. The number of aliphatic hydroxyl groups is 1. The van der Waals surface area contributed by atoms with Gasteiger partial charge in [-0.2, -0.15) is 0 Å². The highest BCUT2D eigenvalue weighted by molar-refractivity contribution is 8.02. The highest BCUT2D eigenvalue weighted by Gasteiger charge is 2.77. The van der Waals surface area contributed by atoms with Gasteiger partial charge in [-0.05, 0) is 45.1 Å². The molecule has 3 fully saturated rings. The molecule has 3 unspecified atom stereocenters. The summed E-state index contributed by atoms with van der Waals surface area (Å²) < 4.78 is 4.68. The Labute approximate surface area is 230 Å². The topological polar surface area (TPSA) is 87.2 Å². The van der Waals surface area contributed by atoms with Crippen molar-refractivity contribution in [2.24, 2.45) is 17.8 Å². The minimum absolute atomic E-state index is 0.0236. The third-order valence-electron chi connectivity index (χ3n) is 8.34. The van der Waals surface area contributed by atoms with Crippen molar-refractivity contribution in [2.75, 3.05) is 19.8 Å². The minimum Gasteiger partial charge on any atom is -0.461 e. The van der Waals surface area contributed by atoms with Crippen molar-refractivity contribution in [3.8, 4) is 0 Å². The molecule has 2 bridgehead atoms. The summed E-state index contributed by atoms with van der Waals surface area (Å²) in [6.07, 6.45) is 4.34. The third kappa shape index (κ3) is 4.60. The first-order valence-electron chi connectivity index (χ1n) is 13.4. The maximum Gasteiger partial charge on any atom is 0.311 e. The number of benzene rings is 1. The fourth-order valence-corrected chi connectivity index (χ4v) is 9.14. The lowest BCUT2D eigenvalue weighted by Crippen LogP contribution is -2.62. The summed E-state index contributed by atoms with van der Waals surface area (Å²) in [6, 6.07) is 8.24. The second-order valence-corrected chi connectivity index (χ2v) is 13.2. The van der Waals surface area contributed by atoms with Crippen molar-refractivity contribution in [3.63, 3.8) is 0 Å². The van der Waals surface area contributed by atoms with Crippen molar-refractivity contribution < 1.29 is 24.2 Å². The van der Waals surface area contributed by atoms with E-state index in [0.717, 1.165) is 12.0 Å². The maximum atomic E-state index is 14.6. The van der Waals surface area contributed by atoms with Crippen LogP contribution < -0.4 is 0 Å². The zero-order chi connectivity index (χ0) is 27.8. The zero-order valence-electron chi connectivity index (χ0n) is 22.8. The van der Waals surface area contributed by atoms with Gasteiger partial charge in [0.05, 0.1) is 29.2 Å². The summed E-state index contributed by atoms with van der Waals surface area (Å²) in [5.74, 6) is -2.13. The van der Waals surface area contributed by atoms with E-state index >= 15 is 0 Å². The Kier molecular flexibility index (Phi) is 8.15. The quantitative estimate of drug-likeness (QED) is 0.361. The molecule has 0 aromatic heterocycles. The Morgan fingerprint density at radius 2 is 1.95 bits per heavy atom. The first kappa shape index (κ1) is 28.4. The van der Waals surface area contributed by atoms with Crippen molar-refractivity contribution in [2.45, 2.75) is 68.2 Å². The van der Waals surface area contributed by atoms with Crippen LogP contribution in [0.2, 0.25) is 0 Å². The minimum atomic E-state index is -0.817. The largest absolute Gasteiger partial charge is 0.461 e. The number of ether oxygens (including phenoxy) is 1. The predicted octanol–water partition coefficient (Wildman–Crippen LogP) is 3.47. The Morgan fingerprint density at radius 3 is 2.53 bits per heavy atom. The molecule has 8 heteroatoms. The second kappa shape index (κ2) is 10.9. The molecular weight excluding hydrogens is 500 g/mol. The van der Waals surface area contributed by atoms with Gasteiger partial charge in [0.1, 0.15) is 12.6 Å². The van der Waals surface area contributed by atoms with Crippen LogP contribution in [0.3, 0.4) is 0 Å². The molecule has 2 amide bonds. The molecule has 4 rings (SSSR count). The number of amides is 2. The lowest BCUT2D eigenvalue weighted by molar-refractivity contribution is -0.154. The van der Waals surface area contributed by atoms with Gasteiger partial charge in [-0.3, -0.25) is 14.4 Å². The molecule has 1 aromatic carbocycles. The summed E-state index contributed by atoms with van der Waals surface area (Å²) in [5, 5.41) is 10.5. The summed E-state index contributed by atoms with van der Waals surface area (Å²) >= 11 is 1.61. The van der Waals surface area contributed by atoms with Crippen LogP contribution in [0.1, 0.15) is 39.7 Å². The van der Waals surface area contributed by atoms with Crippen LogP contribution in [-0.4, -0.2) is 80.1 Å². The van der Waals surface area contributed by atoms with E-state index in [2.05, 4.69) is 20.1 Å². The molecular formula is C30H40N2O5S. The fourth-order valence-electron chi connectivity index (χ4n) is 6.75. The van der Waals surface area contributed by atoms with Crippen molar-refractivity contribution in [3.05, 3.63) is 61.2 Å². The van der Waals surface area contributed by atoms with E-state index in [1.54, 1.807) is 27.6 Å². The number of thioether (sulfide) groups is 1. The Bertz CT molecular complexity index is 1090. The van der Waals surface area contributed by atoms with Crippen LogP contribution in [0.4, 0.5) is 0 Å². The van der Waals surface area contributed by atoms with E-state index in [1.165, 1.54) is 6.08 Å². The fraction of sp³-hybridized carbons (Fsp3) is 0.567. The number of fused-ring (bicyclic) bond motifs is 1. The summed E-state index contributed by atoms with van der Waals surface area (Å²) in [7, 11) is 0. The number of nitrogens with zero attached hydrogens (tertiary/aromatic N) is 2. The smallest absolute Gasteiger partial charge is 0.311 e. The first-order chi connectivity index (χ1) is 18.0. The van der Waals surface area contributed by atoms with Crippen LogP contribution in [0.5, 0.6) is 0 Å². The molecule has 206 valence electrons. The molecule has 0 saturated carbocycles. The predicted molar refractivity (Wildman–Crippen MR) is 149 cm³/mol. The van der Waals surface area contributed by atoms with Crippen LogP contribution in [0, 0.1) is 17.8 Å². The lowest BCUT2D eigenvalue weighted by atomic mass is 9.66. The van der Waals surface area contributed by atoms with E-state index < -0.39 is 40.2 Å². The van der Waals surface area contributed by atoms with E-state index in [4.69, 9.17) is 4.74 Å². The van der Waals surface area contributed by atoms with Crippen LogP contribution in [0.25, 0.3) is 0 Å². The second-order valence-electron chi connectivity index (χ2n) is 11.7. The highest BCUT2D eigenvalue weighted by Crippen LogP contribution is 2.69. The standard InChI is InChI=1S/C30H40N2O5S/c1-7-14-31(29(4,5)6)27(35)25-30-19(3)16-22(38-30)23(28(36)37-15-8-2)24(30)26(34)32(25)21(18-33)17-20-12-10-9-11-13-20/h7-13,19,21-25,33H,1-2,14-18H2,3-6H3/t19?,21-,22+,23-,24+,25?,30?/m1/s1. The number of carbonyl (C=O) groups excluding carboxylic acids is 3. The van der Waals surface area contributed by atoms with Crippen molar-refractivity contribution >= 4 is 29.5 Å². The van der Waals surface area contributed by atoms with Gasteiger partial charge in [-0.1, -0.05) is 56.0 Å². The SMILES string of the molecule is C=CCOC(=O)[C@@H]1[C@@H]2CC(C)C3(S2)C(C(=O)N(CC=C)C(C)(C)C)N([C@@H](CO)Cc2ccccc2)C(=O)[C@H]13. The molecule has 38 heavy (non-hydrogen) atoms. The average molecular weight is 541 g/mol. The lowest BCUT2D eigenvalue weighted by Gasteiger charge is -2.45. The molecule has 1 N–H and O–H groups in total. The Balaban J connectivity index is 1.84. The molecule has 0 radical (unpaired) electrons. The van der Waals surface area contributed by atoms with Crippen LogP contribution in [0.15, 0.2) is 55.6 Å². The number of hydrogen-bond acceptors (Lipinski definition) is 6. The highest BCUT2D eigenvalue weighted by atomic mass is 32.2. The number of carbonyl (C=O) groups is 3. The Morgan fingerprint density at radius 1 is 1.26 bits per heavy atom.